The van der Waals surface area contributed by atoms with Crippen LogP contribution in [0, 0.1) is 0 Å². The van der Waals surface area contributed by atoms with Crippen LogP contribution in [0.3, 0.4) is 0 Å². The van der Waals surface area contributed by atoms with Crippen molar-refractivity contribution in [2.45, 2.75) is 83.8 Å². The van der Waals surface area contributed by atoms with Crippen LogP contribution in [0.5, 0.6) is 5.75 Å². The number of nitrogens with zero attached hydrogens (tertiary/aromatic N) is 1. The van der Waals surface area contributed by atoms with Crippen LogP contribution < -0.4 is 10.1 Å². The number of carbonyl (C=O) groups is 2. The Morgan fingerprint density at radius 3 is 2.33 bits per heavy atom. The number of hydrogen-bond acceptors (Lipinski definition) is 3. The predicted octanol–water partition coefficient (Wildman–Crippen LogP) is 7.30. The van der Waals surface area contributed by atoms with Crippen LogP contribution in [0.1, 0.15) is 70.9 Å². The molecule has 0 bridgehead atoms. The van der Waals surface area contributed by atoms with Crippen molar-refractivity contribution in [3.05, 3.63) is 62.0 Å². The van der Waals surface area contributed by atoms with Crippen LogP contribution in [0.15, 0.2) is 40.9 Å². The molecule has 1 N–H and O–H groups in total. The van der Waals surface area contributed by atoms with Crippen LogP contribution in [0.25, 0.3) is 0 Å². The summed E-state index contributed by atoms with van der Waals surface area (Å²) >= 11 is 16.4. The van der Waals surface area contributed by atoms with E-state index in [1.165, 1.54) is 4.90 Å². The molecule has 36 heavy (non-hydrogen) atoms. The highest BCUT2D eigenvalue weighted by molar-refractivity contribution is 9.10. The first-order chi connectivity index (χ1) is 17.0. The number of rotatable bonds is 9. The maximum absolute atomic E-state index is 13.5. The van der Waals surface area contributed by atoms with Gasteiger partial charge in [0.2, 0.25) is 5.91 Å². The van der Waals surface area contributed by atoms with Gasteiger partial charge in [-0.25, -0.2) is 0 Å². The van der Waals surface area contributed by atoms with Gasteiger partial charge in [-0.15, -0.1) is 0 Å². The largest absolute Gasteiger partial charge is 0.483 e. The van der Waals surface area contributed by atoms with Gasteiger partial charge >= 0.3 is 0 Å². The summed E-state index contributed by atoms with van der Waals surface area (Å²) in [4.78, 5) is 28.4. The van der Waals surface area contributed by atoms with Crippen molar-refractivity contribution in [1.29, 1.82) is 0 Å². The van der Waals surface area contributed by atoms with E-state index in [1.807, 2.05) is 25.1 Å². The van der Waals surface area contributed by atoms with E-state index in [0.717, 1.165) is 35.7 Å². The van der Waals surface area contributed by atoms with E-state index in [2.05, 4.69) is 42.0 Å². The smallest absolute Gasteiger partial charge is 0.261 e. The molecule has 3 rings (SSSR count). The number of nitrogens with one attached hydrogen (secondary N) is 1. The van der Waals surface area contributed by atoms with Gasteiger partial charge in [-0.1, -0.05) is 75.9 Å². The predicted molar refractivity (Wildman–Crippen MR) is 150 cm³/mol. The van der Waals surface area contributed by atoms with Crippen molar-refractivity contribution in [2.24, 2.45) is 0 Å². The van der Waals surface area contributed by atoms with Gasteiger partial charge in [0, 0.05) is 28.2 Å². The van der Waals surface area contributed by atoms with Gasteiger partial charge in [0.15, 0.2) is 6.61 Å². The standard InChI is InChI=1S/C28H35BrCl2N2O3/c1-5-24(27(35)32-19-9-6-7-10-19)33(16-20-22(30)11-8-12-23(20)31)26(34)17-36-25-14-13-18(15-21(25)29)28(2,3)4/h8,11-15,19,24H,5-7,9-10,16-17H2,1-4H3,(H,32,35). The van der Waals surface area contributed by atoms with Gasteiger partial charge in [0.1, 0.15) is 11.8 Å². The molecule has 2 aromatic rings. The number of ether oxygens (including phenoxy) is 1. The van der Waals surface area contributed by atoms with Crippen LogP contribution in [-0.2, 0) is 21.5 Å². The molecule has 0 saturated heterocycles. The molecule has 5 nitrogen and oxygen atoms in total. The van der Waals surface area contributed by atoms with E-state index in [9.17, 15) is 9.59 Å². The molecular formula is C28H35BrCl2N2O3. The summed E-state index contributed by atoms with van der Waals surface area (Å²) in [5, 5.41) is 4.04. The fraction of sp³-hybridized carbons (Fsp3) is 0.500. The van der Waals surface area contributed by atoms with Gasteiger partial charge in [0.25, 0.3) is 5.91 Å². The number of amides is 2. The highest BCUT2D eigenvalue weighted by Crippen LogP contribution is 2.32. The Hall–Kier alpha value is -1.76. The van der Waals surface area contributed by atoms with Crippen molar-refractivity contribution >= 4 is 50.9 Å². The Kier molecular flexibility index (Phi) is 10.1. The first-order valence-electron chi connectivity index (χ1n) is 12.5. The average molecular weight is 598 g/mol. The van der Waals surface area contributed by atoms with Crippen LogP contribution >= 0.6 is 39.1 Å². The molecule has 2 amide bonds. The molecule has 0 heterocycles. The summed E-state index contributed by atoms with van der Waals surface area (Å²) in [6.07, 6.45) is 4.60. The lowest BCUT2D eigenvalue weighted by molar-refractivity contribution is -0.143. The summed E-state index contributed by atoms with van der Waals surface area (Å²) in [5.74, 6) is 0.0957. The zero-order valence-electron chi connectivity index (χ0n) is 21.4. The second-order valence-corrected chi connectivity index (χ2v) is 12.0. The van der Waals surface area contributed by atoms with E-state index < -0.39 is 6.04 Å². The third kappa shape index (κ3) is 7.39. The van der Waals surface area contributed by atoms with E-state index in [4.69, 9.17) is 27.9 Å². The first-order valence-corrected chi connectivity index (χ1v) is 14.0. The minimum Gasteiger partial charge on any atom is -0.483 e. The van der Waals surface area contributed by atoms with E-state index in [0.29, 0.717) is 27.8 Å². The third-order valence-electron chi connectivity index (χ3n) is 6.63. The molecule has 2 aromatic carbocycles. The Morgan fingerprint density at radius 2 is 1.78 bits per heavy atom. The fourth-order valence-corrected chi connectivity index (χ4v) is 5.46. The first kappa shape index (κ1) is 28.8. The van der Waals surface area contributed by atoms with Crippen LogP contribution in [0.2, 0.25) is 10.0 Å². The van der Waals surface area contributed by atoms with Crippen LogP contribution in [0.4, 0.5) is 0 Å². The molecule has 1 atom stereocenters. The zero-order chi connectivity index (χ0) is 26.5. The lowest BCUT2D eigenvalue weighted by atomic mass is 9.87. The van der Waals surface area contributed by atoms with Crippen molar-refractivity contribution in [3.63, 3.8) is 0 Å². The minimum atomic E-state index is -0.666. The number of halogens is 3. The molecule has 0 radical (unpaired) electrons. The lowest BCUT2D eigenvalue weighted by Gasteiger charge is -2.32. The second kappa shape index (κ2) is 12.7. The van der Waals surface area contributed by atoms with Crippen molar-refractivity contribution in [1.82, 2.24) is 10.2 Å². The molecule has 1 unspecified atom stereocenters. The Bertz CT molecular complexity index is 1060. The van der Waals surface area contributed by atoms with E-state index in [-0.39, 0.29) is 36.4 Å². The summed E-state index contributed by atoms with van der Waals surface area (Å²) < 4.78 is 6.69. The third-order valence-corrected chi connectivity index (χ3v) is 7.95. The van der Waals surface area contributed by atoms with Crippen molar-refractivity contribution in [2.75, 3.05) is 6.61 Å². The normalized spacial score (nSPS) is 15.0. The van der Waals surface area contributed by atoms with Gasteiger partial charge in [-0.05, 0) is 70.4 Å². The zero-order valence-corrected chi connectivity index (χ0v) is 24.5. The second-order valence-electron chi connectivity index (χ2n) is 10.3. The summed E-state index contributed by atoms with van der Waals surface area (Å²) in [6, 6.07) is 10.6. The molecule has 196 valence electrons. The van der Waals surface area contributed by atoms with Crippen molar-refractivity contribution in [3.8, 4) is 5.75 Å². The molecule has 1 fully saturated rings. The number of benzene rings is 2. The molecule has 0 aromatic heterocycles. The topological polar surface area (TPSA) is 58.6 Å². The number of hydrogen-bond donors (Lipinski definition) is 1. The highest BCUT2D eigenvalue weighted by Gasteiger charge is 2.32. The quantitative estimate of drug-likeness (QED) is 0.330. The molecule has 1 saturated carbocycles. The summed E-state index contributed by atoms with van der Waals surface area (Å²) in [6.45, 7) is 8.20. The minimum absolute atomic E-state index is 0.0110. The number of carbonyl (C=O) groups excluding carboxylic acids is 2. The monoisotopic (exact) mass is 596 g/mol. The van der Waals surface area contributed by atoms with Gasteiger partial charge in [-0.2, -0.15) is 0 Å². The molecule has 0 aliphatic heterocycles. The van der Waals surface area contributed by atoms with Gasteiger partial charge in [-0.3, -0.25) is 9.59 Å². The maximum Gasteiger partial charge on any atom is 0.261 e. The average Bonchev–Trinajstić information content (AvgIpc) is 3.32. The fourth-order valence-electron chi connectivity index (χ4n) is 4.45. The molecule has 1 aliphatic carbocycles. The van der Waals surface area contributed by atoms with Crippen molar-refractivity contribution < 1.29 is 14.3 Å². The highest BCUT2D eigenvalue weighted by atomic mass is 79.9. The Morgan fingerprint density at radius 1 is 1.14 bits per heavy atom. The summed E-state index contributed by atoms with van der Waals surface area (Å²) in [5.41, 5.74) is 1.75. The maximum atomic E-state index is 13.5. The molecular weight excluding hydrogens is 563 g/mol. The van der Waals surface area contributed by atoms with E-state index >= 15 is 0 Å². The van der Waals surface area contributed by atoms with E-state index in [1.54, 1.807) is 18.2 Å². The molecule has 8 heteroatoms. The van der Waals surface area contributed by atoms with Gasteiger partial charge < -0.3 is 15.0 Å². The lowest BCUT2D eigenvalue weighted by Crippen LogP contribution is -2.52. The van der Waals surface area contributed by atoms with Gasteiger partial charge in [0.05, 0.1) is 4.47 Å². The Balaban J connectivity index is 1.82. The molecule has 0 spiro atoms. The summed E-state index contributed by atoms with van der Waals surface area (Å²) in [7, 11) is 0. The van der Waals surface area contributed by atoms with Crippen LogP contribution in [-0.4, -0.2) is 35.4 Å². The Labute approximate surface area is 233 Å². The SMILES string of the molecule is CCC(C(=O)NC1CCCC1)N(Cc1c(Cl)cccc1Cl)C(=O)COc1ccc(C(C)(C)C)cc1Br. The molecule has 1 aliphatic rings.